The Morgan fingerprint density at radius 1 is 1.09 bits per heavy atom. The van der Waals surface area contributed by atoms with E-state index >= 15 is 0 Å². The second-order valence-corrected chi connectivity index (χ2v) is 7.60. The smallest absolute Gasteiger partial charge is 0.0977 e. The van der Waals surface area contributed by atoms with Crippen LogP contribution in [0.15, 0.2) is 34.4 Å². The lowest BCUT2D eigenvalue weighted by molar-refractivity contribution is 0.150. The monoisotopic (exact) mass is 302 g/mol. The second-order valence-electron chi connectivity index (χ2n) is 7.60. The molecule has 3 aliphatic rings. The first-order valence-electron chi connectivity index (χ1n) is 8.79. The summed E-state index contributed by atoms with van der Waals surface area (Å²) in [5, 5.41) is 0. The van der Waals surface area contributed by atoms with Gasteiger partial charge in [0.15, 0.2) is 0 Å². The zero-order chi connectivity index (χ0) is 15.7. The van der Waals surface area contributed by atoms with E-state index in [1.807, 2.05) is 0 Å². The summed E-state index contributed by atoms with van der Waals surface area (Å²) >= 11 is 0. The molecule has 122 valence electrons. The van der Waals surface area contributed by atoms with Gasteiger partial charge in [0.25, 0.3) is 0 Å². The van der Waals surface area contributed by atoms with E-state index in [0.29, 0.717) is 6.10 Å². The summed E-state index contributed by atoms with van der Waals surface area (Å²) in [4.78, 5) is 0. The van der Waals surface area contributed by atoms with Gasteiger partial charge in [-0.05, 0) is 77.4 Å². The van der Waals surface area contributed by atoms with Crippen LogP contribution >= 0.6 is 0 Å². The largest absolute Gasteiger partial charge is 0.366 e. The van der Waals surface area contributed by atoms with Crippen LogP contribution in [0, 0.1) is 0 Å². The number of epoxide rings is 1. The van der Waals surface area contributed by atoms with Crippen molar-refractivity contribution in [1.29, 1.82) is 0 Å². The summed E-state index contributed by atoms with van der Waals surface area (Å²) in [7, 11) is 0. The second kappa shape index (κ2) is 6.33. The lowest BCUT2D eigenvalue weighted by atomic mass is 9.91. The highest BCUT2D eigenvalue weighted by Crippen LogP contribution is 2.45. The Balaban J connectivity index is 1.78. The molecule has 0 aromatic rings. The Bertz CT molecular complexity index is 526. The van der Waals surface area contributed by atoms with Crippen LogP contribution in [0.25, 0.3) is 0 Å². The summed E-state index contributed by atoms with van der Waals surface area (Å²) in [5.74, 6) is 0. The van der Waals surface area contributed by atoms with E-state index in [2.05, 4.69) is 39.8 Å². The molecule has 0 aromatic heterocycles. The van der Waals surface area contributed by atoms with Crippen LogP contribution in [0.4, 0.5) is 0 Å². The number of hydrogen-bond acceptors (Lipinski definition) is 2. The third-order valence-corrected chi connectivity index (χ3v) is 5.57. The van der Waals surface area contributed by atoms with Gasteiger partial charge < -0.3 is 9.47 Å². The Hall–Kier alpha value is -0.860. The number of rotatable bonds is 0. The average Bonchev–Trinajstić information content (AvgIpc) is 2.99. The summed E-state index contributed by atoms with van der Waals surface area (Å²) in [6.07, 6.45) is 12.3. The molecule has 0 saturated carbocycles. The Labute approximate surface area is 135 Å². The van der Waals surface area contributed by atoms with Crippen molar-refractivity contribution in [3.8, 4) is 0 Å². The van der Waals surface area contributed by atoms with E-state index in [4.69, 9.17) is 9.47 Å². The molecular formula is C20H30O2. The third-order valence-electron chi connectivity index (χ3n) is 5.57. The summed E-state index contributed by atoms with van der Waals surface area (Å²) in [5.41, 5.74) is 5.99. The van der Waals surface area contributed by atoms with Gasteiger partial charge in [-0.25, -0.2) is 0 Å². The van der Waals surface area contributed by atoms with Crippen molar-refractivity contribution in [3.63, 3.8) is 0 Å². The molecule has 1 aliphatic carbocycles. The minimum absolute atomic E-state index is 0.101. The Morgan fingerprint density at radius 2 is 1.91 bits per heavy atom. The predicted octanol–water partition coefficient (Wildman–Crippen LogP) is 5.11. The van der Waals surface area contributed by atoms with E-state index in [9.17, 15) is 0 Å². The summed E-state index contributed by atoms with van der Waals surface area (Å²) in [6.45, 7) is 9.80. The molecule has 0 N–H and O–H groups in total. The van der Waals surface area contributed by atoms with Gasteiger partial charge in [-0.1, -0.05) is 23.3 Å². The fourth-order valence-electron chi connectivity index (χ4n) is 3.76. The van der Waals surface area contributed by atoms with Crippen LogP contribution in [0.3, 0.4) is 0 Å². The molecule has 0 amide bonds. The van der Waals surface area contributed by atoms with Gasteiger partial charge >= 0.3 is 0 Å². The highest BCUT2D eigenvalue weighted by atomic mass is 16.6. The lowest BCUT2D eigenvalue weighted by Gasteiger charge is -2.15. The SMILES string of the molecule is CC1=C2CCC3(C)OC3CC/C(C)=C/CC/C(C)=C/[C@@H]2OC1. The quantitative estimate of drug-likeness (QED) is 0.458. The van der Waals surface area contributed by atoms with E-state index in [0.717, 1.165) is 32.3 Å². The number of fused-ring (bicyclic) bond motifs is 2. The Morgan fingerprint density at radius 3 is 2.73 bits per heavy atom. The number of allylic oxidation sites excluding steroid dienone is 3. The first-order valence-corrected chi connectivity index (χ1v) is 8.79. The maximum Gasteiger partial charge on any atom is 0.0977 e. The average molecular weight is 302 g/mol. The molecule has 0 bridgehead atoms. The fraction of sp³-hybridized carbons (Fsp3) is 0.700. The highest BCUT2D eigenvalue weighted by Gasteiger charge is 2.51. The van der Waals surface area contributed by atoms with Crippen LogP contribution in [0.5, 0.6) is 0 Å². The van der Waals surface area contributed by atoms with Gasteiger partial charge in [0.05, 0.1) is 24.4 Å². The van der Waals surface area contributed by atoms with E-state index in [-0.39, 0.29) is 11.7 Å². The lowest BCUT2D eigenvalue weighted by Crippen LogP contribution is -2.14. The first-order chi connectivity index (χ1) is 10.5. The van der Waals surface area contributed by atoms with Crippen LogP contribution in [-0.4, -0.2) is 24.4 Å². The van der Waals surface area contributed by atoms with Crippen LogP contribution in [0.1, 0.15) is 66.2 Å². The molecule has 1 saturated heterocycles. The minimum atomic E-state index is 0.101. The van der Waals surface area contributed by atoms with E-state index in [1.165, 1.54) is 35.1 Å². The topological polar surface area (TPSA) is 21.8 Å². The first kappa shape index (κ1) is 16.0. The predicted molar refractivity (Wildman–Crippen MR) is 90.9 cm³/mol. The maximum atomic E-state index is 6.03. The molecule has 3 atom stereocenters. The molecule has 1 fully saturated rings. The molecule has 2 nitrogen and oxygen atoms in total. The zero-order valence-electron chi connectivity index (χ0n) is 14.6. The molecule has 0 radical (unpaired) electrons. The fourth-order valence-corrected chi connectivity index (χ4v) is 3.76. The number of ether oxygens (including phenoxy) is 2. The zero-order valence-corrected chi connectivity index (χ0v) is 14.6. The number of hydrogen-bond donors (Lipinski definition) is 0. The van der Waals surface area contributed by atoms with Crippen LogP contribution in [0.2, 0.25) is 0 Å². The van der Waals surface area contributed by atoms with Gasteiger partial charge in [-0.2, -0.15) is 0 Å². The van der Waals surface area contributed by atoms with E-state index in [1.54, 1.807) is 0 Å². The van der Waals surface area contributed by atoms with Gasteiger partial charge in [0.1, 0.15) is 0 Å². The molecule has 2 aliphatic heterocycles. The van der Waals surface area contributed by atoms with Gasteiger partial charge in [-0.3, -0.25) is 0 Å². The molecule has 0 aromatic carbocycles. The molecule has 2 unspecified atom stereocenters. The molecule has 0 spiro atoms. The van der Waals surface area contributed by atoms with Gasteiger partial charge in [-0.15, -0.1) is 0 Å². The molecule has 2 heteroatoms. The third kappa shape index (κ3) is 3.55. The van der Waals surface area contributed by atoms with Crippen molar-refractivity contribution >= 4 is 0 Å². The van der Waals surface area contributed by atoms with Crippen LogP contribution < -0.4 is 0 Å². The molecule has 22 heavy (non-hydrogen) atoms. The summed E-state index contributed by atoms with van der Waals surface area (Å²) < 4.78 is 12.0. The van der Waals surface area contributed by atoms with Crippen molar-refractivity contribution in [2.75, 3.05) is 6.61 Å². The minimum Gasteiger partial charge on any atom is -0.366 e. The van der Waals surface area contributed by atoms with Crippen LogP contribution in [-0.2, 0) is 9.47 Å². The normalized spacial score (nSPS) is 41.6. The molecular weight excluding hydrogens is 272 g/mol. The standard InChI is InChI=1S/C20H30O2/c1-14-6-5-7-15(2)12-18-17(16(3)13-21-18)10-11-20(4)19(22-20)9-8-14/h6,12,18-19H,5,7-11,13H2,1-4H3/b14-6+,15-12+/t18-,19?,20?/m0/s1. The summed E-state index contributed by atoms with van der Waals surface area (Å²) in [6, 6.07) is 0. The van der Waals surface area contributed by atoms with Crippen molar-refractivity contribution < 1.29 is 9.47 Å². The van der Waals surface area contributed by atoms with Crippen molar-refractivity contribution in [1.82, 2.24) is 0 Å². The van der Waals surface area contributed by atoms with Crippen molar-refractivity contribution in [3.05, 3.63) is 34.4 Å². The van der Waals surface area contributed by atoms with Crippen molar-refractivity contribution in [2.45, 2.75) is 84.0 Å². The highest BCUT2D eigenvalue weighted by molar-refractivity contribution is 5.28. The molecule has 3 rings (SSSR count). The van der Waals surface area contributed by atoms with Crippen molar-refractivity contribution in [2.24, 2.45) is 0 Å². The van der Waals surface area contributed by atoms with Gasteiger partial charge in [0, 0.05) is 0 Å². The Kier molecular flexibility index (Phi) is 4.61. The molecule has 2 heterocycles. The van der Waals surface area contributed by atoms with Gasteiger partial charge in [0.2, 0.25) is 0 Å². The maximum absolute atomic E-state index is 6.03. The van der Waals surface area contributed by atoms with E-state index < -0.39 is 0 Å².